The van der Waals surface area contributed by atoms with Crippen molar-refractivity contribution in [1.82, 2.24) is 15.0 Å². The van der Waals surface area contributed by atoms with Crippen LogP contribution in [0.3, 0.4) is 0 Å². The van der Waals surface area contributed by atoms with Crippen LogP contribution in [0.2, 0.25) is 0 Å². The van der Waals surface area contributed by atoms with Gasteiger partial charge in [0.15, 0.2) is 5.82 Å². The Morgan fingerprint density at radius 2 is 2.50 bits per heavy atom. The normalized spacial score (nSPS) is 23.1. The second-order valence-corrected chi connectivity index (χ2v) is 3.63. The number of likely N-dealkylation sites (N-methyl/N-ethyl adjacent to an activating group) is 1. The van der Waals surface area contributed by atoms with Crippen LogP contribution in [0.5, 0.6) is 0 Å². The molecule has 0 aliphatic carbocycles. The van der Waals surface area contributed by atoms with Gasteiger partial charge in [-0.25, -0.2) is 0 Å². The zero-order valence-corrected chi connectivity index (χ0v) is 8.44. The molecule has 0 amide bonds. The Hall–Kier alpha value is -0.940. The van der Waals surface area contributed by atoms with Crippen molar-refractivity contribution in [3.63, 3.8) is 0 Å². The van der Waals surface area contributed by atoms with Crippen molar-refractivity contribution in [1.29, 1.82) is 0 Å². The summed E-state index contributed by atoms with van der Waals surface area (Å²) in [5.74, 6) is 1.76. The molecule has 0 radical (unpaired) electrons. The summed E-state index contributed by atoms with van der Waals surface area (Å²) in [6.07, 6.45) is 1.11. The molecule has 2 rings (SSSR count). The number of nitrogens with two attached hydrogens (primary N) is 1. The van der Waals surface area contributed by atoms with Crippen LogP contribution in [0.25, 0.3) is 0 Å². The van der Waals surface area contributed by atoms with E-state index in [1.807, 2.05) is 0 Å². The maximum absolute atomic E-state index is 5.42. The topological polar surface area (TPSA) is 68.2 Å². The number of hydrogen-bond donors (Lipinski definition) is 1. The Labute approximate surface area is 83.3 Å². The third kappa shape index (κ3) is 1.78. The van der Waals surface area contributed by atoms with Gasteiger partial charge < -0.3 is 15.2 Å². The fraction of sp³-hybridized carbons (Fsp3) is 0.778. The minimum absolute atomic E-state index is 0.355. The Balaban J connectivity index is 2.02. The quantitative estimate of drug-likeness (QED) is 0.755. The van der Waals surface area contributed by atoms with Gasteiger partial charge in [0.2, 0.25) is 5.89 Å². The number of likely N-dealkylation sites (tertiary alicyclic amines) is 1. The Morgan fingerprint density at radius 3 is 3.07 bits per heavy atom. The highest BCUT2D eigenvalue weighted by Crippen LogP contribution is 2.25. The predicted molar refractivity (Wildman–Crippen MR) is 51.7 cm³/mol. The van der Waals surface area contributed by atoms with Gasteiger partial charge in [-0.15, -0.1) is 0 Å². The number of rotatable bonds is 3. The van der Waals surface area contributed by atoms with Gasteiger partial charge in [0.25, 0.3) is 0 Å². The number of nitrogens with zero attached hydrogens (tertiary/aromatic N) is 3. The molecular weight excluding hydrogens is 180 g/mol. The lowest BCUT2D eigenvalue weighted by molar-refractivity contribution is 0.324. The van der Waals surface area contributed by atoms with Gasteiger partial charge in [0.05, 0.1) is 12.5 Å². The molecular formula is C9H16N4O. The lowest BCUT2D eigenvalue weighted by Gasteiger charge is -2.10. The van der Waals surface area contributed by atoms with Crippen molar-refractivity contribution in [3.05, 3.63) is 11.7 Å². The van der Waals surface area contributed by atoms with E-state index in [4.69, 9.17) is 10.3 Å². The summed E-state index contributed by atoms with van der Waals surface area (Å²) in [5, 5.41) is 3.80. The molecule has 5 nitrogen and oxygen atoms in total. The summed E-state index contributed by atoms with van der Waals surface area (Å²) in [5.41, 5.74) is 5.42. The average Bonchev–Trinajstić information content (AvgIpc) is 2.86. The first kappa shape index (κ1) is 9.61. The van der Waals surface area contributed by atoms with Crippen LogP contribution in [-0.2, 0) is 6.54 Å². The molecule has 14 heavy (non-hydrogen) atoms. The van der Waals surface area contributed by atoms with Gasteiger partial charge in [-0.2, -0.15) is 4.98 Å². The van der Waals surface area contributed by atoms with Crippen LogP contribution in [-0.4, -0.2) is 34.7 Å². The maximum atomic E-state index is 5.42. The largest absolute Gasteiger partial charge is 0.339 e. The van der Waals surface area contributed by atoms with Crippen molar-refractivity contribution in [3.8, 4) is 0 Å². The van der Waals surface area contributed by atoms with E-state index >= 15 is 0 Å². The predicted octanol–water partition coefficient (Wildman–Crippen LogP) is 0.338. The van der Waals surface area contributed by atoms with E-state index in [1.54, 1.807) is 0 Å². The molecule has 1 atom stereocenters. The van der Waals surface area contributed by atoms with Crippen molar-refractivity contribution >= 4 is 0 Å². The van der Waals surface area contributed by atoms with E-state index < -0.39 is 0 Å². The first-order valence-corrected chi connectivity index (χ1v) is 5.08. The van der Waals surface area contributed by atoms with E-state index in [2.05, 4.69) is 22.0 Å². The zero-order valence-electron chi connectivity index (χ0n) is 8.44. The first-order chi connectivity index (χ1) is 6.83. The Kier molecular flexibility index (Phi) is 2.79. The van der Waals surface area contributed by atoms with Gasteiger partial charge in [-0.1, -0.05) is 12.1 Å². The lowest BCUT2D eigenvalue weighted by Crippen LogP contribution is -2.19. The van der Waals surface area contributed by atoms with Crippen LogP contribution in [0.15, 0.2) is 4.52 Å². The molecule has 1 aliphatic rings. The van der Waals surface area contributed by atoms with E-state index in [9.17, 15) is 0 Å². The van der Waals surface area contributed by atoms with Gasteiger partial charge in [0, 0.05) is 6.54 Å². The molecule has 2 heterocycles. The molecule has 1 unspecified atom stereocenters. The first-order valence-electron chi connectivity index (χ1n) is 5.08. The summed E-state index contributed by atoms with van der Waals surface area (Å²) in [6.45, 7) is 5.77. The van der Waals surface area contributed by atoms with Gasteiger partial charge in [-0.05, 0) is 19.5 Å². The third-order valence-corrected chi connectivity index (χ3v) is 2.74. The van der Waals surface area contributed by atoms with Crippen molar-refractivity contribution in [2.75, 3.05) is 19.6 Å². The van der Waals surface area contributed by atoms with Crippen molar-refractivity contribution < 1.29 is 4.52 Å². The maximum Gasteiger partial charge on any atom is 0.231 e. The van der Waals surface area contributed by atoms with E-state index in [0.29, 0.717) is 18.3 Å². The summed E-state index contributed by atoms with van der Waals surface area (Å²) in [4.78, 5) is 6.64. The van der Waals surface area contributed by atoms with Gasteiger partial charge in [0.1, 0.15) is 0 Å². The summed E-state index contributed by atoms with van der Waals surface area (Å²) < 4.78 is 5.16. The van der Waals surface area contributed by atoms with Crippen molar-refractivity contribution in [2.24, 2.45) is 5.73 Å². The zero-order chi connectivity index (χ0) is 9.97. The standard InChI is InChI=1S/C9H16N4O/c1-2-13-4-3-7(6-13)9-11-8(5-10)12-14-9/h7H,2-6,10H2,1H3. The fourth-order valence-electron chi connectivity index (χ4n) is 1.84. The minimum Gasteiger partial charge on any atom is -0.339 e. The molecule has 78 valence electrons. The minimum atomic E-state index is 0.355. The Bertz CT molecular complexity index is 299. The Morgan fingerprint density at radius 1 is 1.64 bits per heavy atom. The molecule has 1 aromatic heterocycles. The smallest absolute Gasteiger partial charge is 0.231 e. The van der Waals surface area contributed by atoms with Crippen molar-refractivity contribution in [2.45, 2.75) is 25.8 Å². The van der Waals surface area contributed by atoms with Crippen LogP contribution >= 0.6 is 0 Å². The molecule has 1 fully saturated rings. The number of hydrogen-bond acceptors (Lipinski definition) is 5. The molecule has 1 saturated heterocycles. The van der Waals surface area contributed by atoms with Gasteiger partial charge >= 0.3 is 0 Å². The van der Waals surface area contributed by atoms with E-state index in [-0.39, 0.29) is 0 Å². The molecule has 0 bridgehead atoms. The number of aromatic nitrogens is 2. The molecule has 1 aromatic rings. The molecule has 2 N–H and O–H groups in total. The summed E-state index contributed by atoms with van der Waals surface area (Å²) >= 11 is 0. The molecule has 0 spiro atoms. The van der Waals surface area contributed by atoms with Crippen LogP contribution in [0, 0.1) is 0 Å². The molecule has 0 aromatic carbocycles. The molecule has 5 heteroatoms. The third-order valence-electron chi connectivity index (χ3n) is 2.74. The highest BCUT2D eigenvalue weighted by molar-refractivity contribution is 4.98. The fourth-order valence-corrected chi connectivity index (χ4v) is 1.84. The van der Waals surface area contributed by atoms with E-state index in [0.717, 1.165) is 31.9 Å². The highest BCUT2D eigenvalue weighted by atomic mass is 16.5. The van der Waals surface area contributed by atoms with Crippen LogP contribution in [0.1, 0.15) is 31.0 Å². The summed E-state index contributed by atoms with van der Waals surface area (Å²) in [7, 11) is 0. The second kappa shape index (κ2) is 4.06. The highest BCUT2D eigenvalue weighted by Gasteiger charge is 2.27. The average molecular weight is 196 g/mol. The molecule has 0 saturated carbocycles. The van der Waals surface area contributed by atoms with Crippen LogP contribution < -0.4 is 5.73 Å². The molecule has 1 aliphatic heterocycles. The van der Waals surface area contributed by atoms with E-state index in [1.165, 1.54) is 0 Å². The second-order valence-electron chi connectivity index (χ2n) is 3.63. The summed E-state index contributed by atoms with van der Waals surface area (Å²) in [6, 6.07) is 0. The van der Waals surface area contributed by atoms with Crippen LogP contribution in [0.4, 0.5) is 0 Å². The SMILES string of the molecule is CCN1CCC(c2nc(CN)no2)C1. The van der Waals surface area contributed by atoms with Gasteiger partial charge in [-0.3, -0.25) is 0 Å². The monoisotopic (exact) mass is 196 g/mol. The lowest BCUT2D eigenvalue weighted by atomic mass is 10.1.